The predicted molar refractivity (Wildman–Crippen MR) is 109 cm³/mol. The van der Waals surface area contributed by atoms with Gasteiger partial charge in [0.2, 0.25) is 0 Å². The second-order valence-electron chi connectivity index (χ2n) is 6.44. The van der Waals surface area contributed by atoms with Gasteiger partial charge in [-0.1, -0.05) is 47.0 Å². The average molecular weight is 394 g/mol. The number of ether oxygens (including phenoxy) is 4. The second kappa shape index (κ2) is 9.91. The Kier molecular flexibility index (Phi) is 7.88. The van der Waals surface area contributed by atoms with Crippen molar-refractivity contribution in [3.8, 4) is 17.2 Å². The summed E-state index contributed by atoms with van der Waals surface area (Å²) in [4.78, 5) is 0. The van der Waals surface area contributed by atoms with Gasteiger partial charge in [-0.25, -0.2) is 4.39 Å². The summed E-state index contributed by atoms with van der Waals surface area (Å²) in [5.41, 5.74) is 0.930. The van der Waals surface area contributed by atoms with Crippen LogP contribution in [0.1, 0.15) is 32.3 Å². The molecule has 0 aliphatic carbocycles. The molecular weight excluding hydrogens is 366 g/mol. The first-order chi connectivity index (χ1) is 13.0. The summed E-state index contributed by atoms with van der Waals surface area (Å²) < 4.78 is 36.4. The van der Waals surface area contributed by atoms with Gasteiger partial charge in [0.1, 0.15) is 11.6 Å². The van der Waals surface area contributed by atoms with Gasteiger partial charge in [0.05, 0.1) is 14.2 Å². The summed E-state index contributed by atoms with van der Waals surface area (Å²) in [6, 6.07) is 10.7. The van der Waals surface area contributed by atoms with E-state index in [1.807, 2.05) is 18.2 Å². The van der Waals surface area contributed by atoms with E-state index in [1.54, 1.807) is 33.5 Å². The smallest absolute Gasteiger partial charge is 0.188 e. The molecule has 2 unspecified atom stereocenters. The Morgan fingerprint density at radius 2 is 1.81 bits per heavy atom. The molecule has 0 radical (unpaired) electrons. The van der Waals surface area contributed by atoms with Crippen LogP contribution in [0.25, 0.3) is 0 Å². The molecule has 27 heavy (non-hydrogen) atoms. The molecule has 0 saturated heterocycles. The van der Waals surface area contributed by atoms with Crippen LogP contribution in [0.2, 0.25) is 0 Å². The fourth-order valence-electron chi connectivity index (χ4n) is 3.15. The summed E-state index contributed by atoms with van der Waals surface area (Å²) >= 11 is 0. The molecule has 0 bridgehead atoms. The maximum Gasteiger partial charge on any atom is 0.188 e. The summed E-state index contributed by atoms with van der Waals surface area (Å²) in [5, 5.41) is 0.356. The number of benzene rings is 2. The van der Waals surface area contributed by atoms with Crippen LogP contribution in [-0.4, -0.2) is 28.1 Å². The standard InChI is InChI=1S/C21H28FO4P/c1-6-11-21(2,27-19-10-8-7-9-17(19)22)16-12-15(24-4)13-18(25-5)20(16)26-14-23-3/h7-10,12-13,27H,6,11,14H2,1-5H3. The van der Waals surface area contributed by atoms with E-state index in [9.17, 15) is 4.39 Å². The Morgan fingerprint density at radius 3 is 2.41 bits per heavy atom. The zero-order chi connectivity index (χ0) is 19.9. The van der Waals surface area contributed by atoms with Crippen LogP contribution in [-0.2, 0) is 9.89 Å². The largest absolute Gasteiger partial charge is 0.497 e. The molecule has 0 aromatic heterocycles. The van der Waals surface area contributed by atoms with Crippen molar-refractivity contribution >= 4 is 13.9 Å². The first-order valence-corrected chi connectivity index (χ1v) is 9.90. The first kappa shape index (κ1) is 21.5. The van der Waals surface area contributed by atoms with Gasteiger partial charge in [0.15, 0.2) is 18.3 Å². The highest BCUT2D eigenvalue weighted by molar-refractivity contribution is 7.48. The van der Waals surface area contributed by atoms with Crippen molar-refractivity contribution in [2.75, 3.05) is 28.1 Å². The van der Waals surface area contributed by atoms with Crippen molar-refractivity contribution in [3.63, 3.8) is 0 Å². The summed E-state index contributed by atoms with van der Waals surface area (Å²) in [5.74, 6) is 1.67. The first-order valence-electron chi connectivity index (χ1n) is 8.90. The fourth-order valence-corrected chi connectivity index (χ4v) is 4.82. The van der Waals surface area contributed by atoms with E-state index < -0.39 is 0 Å². The van der Waals surface area contributed by atoms with E-state index in [-0.39, 0.29) is 26.3 Å². The highest BCUT2D eigenvalue weighted by atomic mass is 31.1. The van der Waals surface area contributed by atoms with Crippen LogP contribution in [0.5, 0.6) is 17.2 Å². The number of methoxy groups -OCH3 is 3. The molecule has 2 aromatic rings. The Bertz CT molecular complexity index is 753. The lowest BCUT2D eigenvalue weighted by Crippen LogP contribution is -2.22. The zero-order valence-corrected chi connectivity index (χ0v) is 17.6. The second-order valence-corrected chi connectivity index (χ2v) is 8.34. The molecule has 0 aliphatic heterocycles. The Morgan fingerprint density at radius 1 is 1.07 bits per heavy atom. The molecule has 2 atom stereocenters. The van der Waals surface area contributed by atoms with Gasteiger partial charge in [-0.15, -0.1) is 0 Å². The topological polar surface area (TPSA) is 36.9 Å². The van der Waals surface area contributed by atoms with Crippen molar-refractivity contribution in [2.24, 2.45) is 0 Å². The lowest BCUT2D eigenvalue weighted by molar-refractivity contribution is 0.0479. The Balaban J connectivity index is 2.61. The predicted octanol–water partition coefficient (Wildman–Crippen LogP) is 4.84. The van der Waals surface area contributed by atoms with Gasteiger partial charge >= 0.3 is 0 Å². The van der Waals surface area contributed by atoms with Gasteiger partial charge in [-0.2, -0.15) is 0 Å². The summed E-state index contributed by atoms with van der Waals surface area (Å²) in [6.45, 7) is 4.35. The van der Waals surface area contributed by atoms with Gasteiger partial charge in [0.25, 0.3) is 0 Å². The van der Waals surface area contributed by atoms with Crippen LogP contribution < -0.4 is 19.5 Å². The molecule has 0 heterocycles. The molecule has 0 spiro atoms. The van der Waals surface area contributed by atoms with E-state index in [2.05, 4.69) is 13.8 Å². The molecule has 2 rings (SSSR count). The van der Waals surface area contributed by atoms with E-state index in [4.69, 9.17) is 18.9 Å². The summed E-state index contributed by atoms with van der Waals surface area (Å²) in [7, 11) is 5.00. The van der Waals surface area contributed by atoms with Crippen LogP contribution in [0.15, 0.2) is 36.4 Å². The third-order valence-electron chi connectivity index (χ3n) is 4.43. The summed E-state index contributed by atoms with van der Waals surface area (Å²) in [6.07, 6.45) is 1.81. The SMILES string of the molecule is CCCC(C)(Pc1ccccc1F)c1cc(OC)cc(OC)c1OCOC. The monoisotopic (exact) mass is 394 g/mol. The molecule has 0 amide bonds. The minimum atomic E-state index is -0.345. The van der Waals surface area contributed by atoms with Crippen molar-refractivity contribution in [2.45, 2.75) is 31.8 Å². The van der Waals surface area contributed by atoms with E-state index >= 15 is 0 Å². The lowest BCUT2D eigenvalue weighted by atomic mass is 9.93. The minimum absolute atomic E-state index is 0.0979. The van der Waals surface area contributed by atoms with E-state index in [0.29, 0.717) is 22.6 Å². The number of rotatable bonds is 10. The molecule has 0 fully saturated rings. The third kappa shape index (κ3) is 5.12. The van der Waals surface area contributed by atoms with Gasteiger partial charge < -0.3 is 18.9 Å². The fraction of sp³-hybridized carbons (Fsp3) is 0.429. The highest BCUT2D eigenvalue weighted by Gasteiger charge is 2.33. The lowest BCUT2D eigenvalue weighted by Gasteiger charge is -2.33. The molecule has 0 N–H and O–H groups in total. The maximum atomic E-state index is 14.4. The van der Waals surface area contributed by atoms with Crippen molar-refractivity contribution in [1.82, 2.24) is 0 Å². The van der Waals surface area contributed by atoms with Crippen LogP contribution in [0.4, 0.5) is 4.39 Å². The third-order valence-corrected chi connectivity index (χ3v) is 6.18. The molecule has 6 heteroatoms. The number of hydrogen-bond acceptors (Lipinski definition) is 4. The number of halogens is 1. The van der Waals surface area contributed by atoms with Gasteiger partial charge in [-0.3, -0.25) is 0 Å². The Hall–Kier alpha value is -1.84. The molecule has 148 valence electrons. The minimum Gasteiger partial charge on any atom is -0.497 e. The van der Waals surface area contributed by atoms with E-state index in [0.717, 1.165) is 18.4 Å². The quantitative estimate of drug-likeness (QED) is 0.427. The van der Waals surface area contributed by atoms with E-state index in [1.165, 1.54) is 6.07 Å². The van der Waals surface area contributed by atoms with Gasteiger partial charge in [-0.05, 0) is 18.6 Å². The maximum absolute atomic E-state index is 14.4. The average Bonchev–Trinajstić information content (AvgIpc) is 2.67. The normalized spacial score (nSPS) is 13.6. The zero-order valence-electron chi connectivity index (χ0n) is 16.6. The van der Waals surface area contributed by atoms with Crippen molar-refractivity contribution < 1.29 is 23.3 Å². The van der Waals surface area contributed by atoms with Crippen LogP contribution in [0.3, 0.4) is 0 Å². The molecule has 4 nitrogen and oxygen atoms in total. The molecular formula is C21H28FO4P. The molecule has 0 aliphatic rings. The highest BCUT2D eigenvalue weighted by Crippen LogP contribution is 2.52. The molecule has 2 aromatic carbocycles. The van der Waals surface area contributed by atoms with Gasteiger partial charge in [0, 0.05) is 29.2 Å². The van der Waals surface area contributed by atoms with Crippen molar-refractivity contribution in [3.05, 3.63) is 47.8 Å². The van der Waals surface area contributed by atoms with Crippen LogP contribution in [0, 0.1) is 5.82 Å². The van der Waals surface area contributed by atoms with Crippen molar-refractivity contribution in [1.29, 1.82) is 0 Å². The number of hydrogen-bond donors (Lipinski definition) is 0. The Labute approximate surface area is 162 Å². The molecule has 0 saturated carbocycles. The van der Waals surface area contributed by atoms with Crippen LogP contribution >= 0.6 is 8.58 Å².